The molecule has 1 heterocycles. The molecule has 0 bridgehead atoms. The first kappa shape index (κ1) is 14.8. The topological polar surface area (TPSA) is 55.6 Å². The molecule has 2 rings (SSSR count). The van der Waals surface area contributed by atoms with Gasteiger partial charge < -0.3 is 5.32 Å². The molecule has 1 aromatic rings. The highest BCUT2D eigenvalue weighted by Crippen LogP contribution is 2.32. The van der Waals surface area contributed by atoms with Gasteiger partial charge in [-0.15, -0.1) is 5.10 Å². The quantitative estimate of drug-likeness (QED) is 0.780. The molecule has 0 saturated heterocycles. The van der Waals surface area contributed by atoms with Crippen molar-refractivity contribution < 1.29 is 0 Å². The maximum Gasteiger partial charge on any atom is 0.209 e. The van der Waals surface area contributed by atoms with Gasteiger partial charge in [0, 0.05) is 17.8 Å². The standard InChI is InChI=1S/C13H25N5S/c1-4-10(2)14-9-11(3)19-13-15-16-17-18(13)12-7-5-6-8-12/h10-12,14H,4-9H2,1-3H3. The highest BCUT2D eigenvalue weighted by atomic mass is 32.2. The summed E-state index contributed by atoms with van der Waals surface area (Å²) in [6.07, 6.45) is 6.22. The highest BCUT2D eigenvalue weighted by molar-refractivity contribution is 7.99. The minimum Gasteiger partial charge on any atom is -0.313 e. The summed E-state index contributed by atoms with van der Waals surface area (Å²) in [4.78, 5) is 0. The number of rotatable bonds is 7. The van der Waals surface area contributed by atoms with Crippen LogP contribution in [0.1, 0.15) is 58.9 Å². The maximum atomic E-state index is 4.19. The van der Waals surface area contributed by atoms with E-state index in [-0.39, 0.29) is 0 Å². The summed E-state index contributed by atoms with van der Waals surface area (Å²) in [5.74, 6) is 0. The summed E-state index contributed by atoms with van der Waals surface area (Å²) in [5.41, 5.74) is 0. The van der Waals surface area contributed by atoms with Gasteiger partial charge >= 0.3 is 0 Å². The fraction of sp³-hybridized carbons (Fsp3) is 0.923. The third-order valence-corrected chi connectivity index (χ3v) is 4.85. The summed E-state index contributed by atoms with van der Waals surface area (Å²) >= 11 is 1.78. The number of nitrogens with zero attached hydrogens (tertiary/aromatic N) is 4. The number of tetrazole rings is 1. The smallest absolute Gasteiger partial charge is 0.209 e. The predicted molar refractivity (Wildman–Crippen MR) is 78.4 cm³/mol. The molecule has 2 unspecified atom stereocenters. The molecule has 6 heteroatoms. The van der Waals surface area contributed by atoms with Crippen molar-refractivity contribution in [3.8, 4) is 0 Å². The second-order valence-electron chi connectivity index (χ2n) is 5.49. The van der Waals surface area contributed by atoms with E-state index in [1.165, 1.54) is 25.7 Å². The molecule has 19 heavy (non-hydrogen) atoms. The van der Waals surface area contributed by atoms with Crippen molar-refractivity contribution in [3.63, 3.8) is 0 Å². The van der Waals surface area contributed by atoms with Crippen molar-refractivity contribution in [2.24, 2.45) is 0 Å². The van der Waals surface area contributed by atoms with Crippen molar-refractivity contribution in [1.82, 2.24) is 25.5 Å². The average molecular weight is 283 g/mol. The van der Waals surface area contributed by atoms with E-state index in [9.17, 15) is 0 Å². The van der Waals surface area contributed by atoms with E-state index in [1.54, 1.807) is 11.8 Å². The zero-order chi connectivity index (χ0) is 13.7. The van der Waals surface area contributed by atoms with Crippen molar-refractivity contribution in [2.45, 2.75) is 75.4 Å². The van der Waals surface area contributed by atoms with Crippen LogP contribution in [0.2, 0.25) is 0 Å². The molecule has 1 saturated carbocycles. The third kappa shape index (κ3) is 4.18. The van der Waals surface area contributed by atoms with E-state index < -0.39 is 0 Å². The van der Waals surface area contributed by atoms with Gasteiger partial charge in [0.15, 0.2) is 0 Å². The van der Waals surface area contributed by atoms with E-state index in [1.807, 2.05) is 4.68 Å². The third-order valence-electron chi connectivity index (χ3n) is 3.81. The van der Waals surface area contributed by atoms with E-state index in [0.29, 0.717) is 17.3 Å². The van der Waals surface area contributed by atoms with Crippen molar-refractivity contribution in [3.05, 3.63) is 0 Å². The molecule has 0 radical (unpaired) electrons. The zero-order valence-electron chi connectivity index (χ0n) is 12.2. The number of thioether (sulfide) groups is 1. The minimum atomic E-state index is 0.486. The van der Waals surface area contributed by atoms with Crippen LogP contribution < -0.4 is 5.32 Å². The minimum absolute atomic E-state index is 0.486. The van der Waals surface area contributed by atoms with Crippen LogP contribution in [0.4, 0.5) is 0 Å². The fourth-order valence-corrected chi connectivity index (χ4v) is 3.29. The normalized spacial score (nSPS) is 19.7. The van der Waals surface area contributed by atoms with Gasteiger partial charge in [0.25, 0.3) is 0 Å². The van der Waals surface area contributed by atoms with Gasteiger partial charge in [-0.1, -0.05) is 38.5 Å². The SMILES string of the molecule is CCC(C)NCC(C)Sc1nnnn1C1CCCC1. The lowest BCUT2D eigenvalue weighted by Gasteiger charge is -2.17. The first-order chi connectivity index (χ1) is 9.20. The van der Waals surface area contributed by atoms with Crippen LogP contribution in [0.3, 0.4) is 0 Å². The first-order valence-electron chi connectivity index (χ1n) is 7.38. The summed E-state index contributed by atoms with van der Waals surface area (Å²) < 4.78 is 2.04. The highest BCUT2D eigenvalue weighted by Gasteiger charge is 2.22. The van der Waals surface area contributed by atoms with Crippen LogP contribution in [-0.2, 0) is 0 Å². The maximum absolute atomic E-state index is 4.19. The second-order valence-corrected chi connectivity index (χ2v) is 6.90. The van der Waals surface area contributed by atoms with E-state index in [4.69, 9.17) is 0 Å². The van der Waals surface area contributed by atoms with Gasteiger partial charge in [-0.2, -0.15) is 0 Å². The number of aromatic nitrogens is 4. The van der Waals surface area contributed by atoms with Crippen LogP contribution in [0, 0.1) is 0 Å². The van der Waals surface area contributed by atoms with Gasteiger partial charge in [-0.05, 0) is 36.6 Å². The number of hydrogen-bond donors (Lipinski definition) is 1. The summed E-state index contributed by atoms with van der Waals surface area (Å²) in [5, 5.41) is 17.2. The van der Waals surface area contributed by atoms with Crippen LogP contribution in [0.15, 0.2) is 5.16 Å². The van der Waals surface area contributed by atoms with Crippen LogP contribution in [-0.4, -0.2) is 38.0 Å². The Morgan fingerprint density at radius 3 is 2.79 bits per heavy atom. The van der Waals surface area contributed by atoms with Crippen LogP contribution in [0.5, 0.6) is 0 Å². The molecular formula is C13H25N5S. The summed E-state index contributed by atoms with van der Waals surface area (Å²) in [6.45, 7) is 7.65. The van der Waals surface area contributed by atoms with E-state index in [2.05, 4.69) is 41.6 Å². The average Bonchev–Trinajstić information content (AvgIpc) is 3.05. The van der Waals surface area contributed by atoms with Gasteiger partial charge in [0.05, 0.1) is 6.04 Å². The van der Waals surface area contributed by atoms with Crippen LogP contribution in [0.25, 0.3) is 0 Å². The summed E-state index contributed by atoms with van der Waals surface area (Å²) in [7, 11) is 0. The summed E-state index contributed by atoms with van der Waals surface area (Å²) in [6, 6.07) is 1.10. The molecule has 0 aromatic carbocycles. The largest absolute Gasteiger partial charge is 0.313 e. The Labute approximate surface area is 119 Å². The molecule has 1 fully saturated rings. The van der Waals surface area contributed by atoms with E-state index in [0.717, 1.165) is 18.1 Å². The lowest BCUT2D eigenvalue weighted by atomic mass is 10.2. The molecule has 108 valence electrons. The Hall–Kier alpha value is -0.620. The Balaban J connectivity index is 1.86. The lowest BCUT2D eigenvalue weighted by Crippen LogP contribution is -2.31. The fourth-order valence-electron chi connectivity index (χ4n) is 2.37. The molecular weight excluding hydrogens is 258 g/mol. The lowest BCUT2D eigenvalue weighted by molar-refractivity contribution is 0.422. The number of hydrogen-bond acceptors (Lipinski definition) is 5. The molecule has 2 atom stereocenters. The first-order valence-corrected chi connectivity index (χ1v) is 8.26. The Morgan fingerprint density at radius 1 is 1.37 bits per heavy atom. The van der Waals surface area contributed by atoms with Crippen LogP contribution >= 0.6 is 11.8 Å². The zero-order valence-corrected chi connectivity index (χ0v) is 13.0. The van der Waals surface area contributed by atoms with Gasteiger partial charge in [-0.3, -0.25) is 0 Å². The molecule has 5 nitrogen and oxygen atoms in total. The predicted octanol–water partition coefficient (Wildman–Crippen LogP) is 2.66. The molecule has 1 aliphatic carbocycles. The second kappa shape index (κ2) is 7.24. The monoisotopic (exact) mass is 283 g/mol. The van der Waals surface area contributed by atoms with Crippen molar-refractivity contribution in [2.75, 3.05) is 6.54 Å². The Kier molecular flexibility index (Phi) is 5.63. The van der Waals surface area contributed by atoms with Crippen molar-refractivity contribution >= 4 is 11.8 Å². The molecule has 1 aliphatic rings. The molecule has 1 aromatic heterocycles. The van der Waals surface area contributed by atoms with E-state index >= 15 is 0 Å². The molecule has 0 amide bonds. The van der Waals surface area contributed by atoms with Crippen molar-refractivity contribution in [1.29, 1.82) is 0 Å². The van der Waals surface area contributed by atoms with Gasteiger partial charge in [0.1, 0.15) is 0 Å². The van der Waals surface area contributed by atoms with Gasteiger partial charge in [-0.25, -0.2) is 4.68 Å². The Morgan fingerprint density at radius 2 is 2.11 bits per heavy atom. The number of nitrogens with one attached hydrogen (secondary N) is 1. The molecule has 1 N–H and O–H groups in total. The Bertz CT molecular complexity index is 375. The molecule has 0 spiro atoms. The van der Waals surface area contributed by atoms with Gasteiger partial charge in [0.2, 0.25) is 5.16 Å². The molecule has 0 aliphatic heterocycles.